The largest absolute Gasteiger partial charge is 0.391 e. The van der Waals surface area contributed by atoms with Gasteiger partial charge in [0.15, 0.2) is 0 Å². The summed E-state index contributed by atoms with van der Waals surface area (Å²) >= 11 is 1.09. The molecular weight excluding hydrogens is 162 g/mol. The normalized spacial score (nSPS) is 30.5. The van der Waals surface area contributed by atoms with Crippen LogP contribution in [0.4, 0.5) is 4.79 Å². The van der Waals surface area contributed by atoms with E-state index in [0.29, 0.717) is 0 Å². The van der Waals surface area contributed by atoms with E-state index in [1.54, 1.807) is 19.4 Å². The average molecular weight is 172 g/mol. The van der Waals surface area contributed by atoms with Gasteiger partial charge in [-0.05, 0) is 0 Å². The molecule has 0 spiro atoms. The van der Waals surface area contributed by atoms with Gasteiger partial charge in [-0.3, -0.25) is 0 Å². The van der Waals surface area contributed by atoms with E-state index in [-0.39, 0.29) is 15.6 Å². The third-order valence-corrected chi connectivity index (χ3v) is 3.06. The summed E-state index contributed by atoms with van der Waals surface area (Å²) in [6, 6.07) is 0. The highest BCUT2D eigenvalue weighted by molar-refractivity contribution is 8.16. The third kappa shape index (κ3) is 1.02. The number of rotatable bonds is 0. The average Bonchev–Trinajstić information content (AvgIpc) is 2.18. The lowest BCUT2D eigenvalue weighted by molar-refractivity contribution is -0.699. The summed E-state index contributed by atoms with van der Waals surface area (Å²) in [5.74, 6) is -0.131. The van der Waals surface area contributed by atoms with Crippen LogP contribution in [0.3, 0.4) is 0 Å². The second-order valence-electron chi connectivity index (χ2n) is 2.67. The Kier molecular flexibility index (Phi) is 1.90. The first-order valence-electron chi connectivity index (χ1n) is 3.25. The summed E-state index contributed by atoms with van der Waals surface area (Å²) in [5, 5.41) is 1.61. The van der Waals surface area contributed by atoms with Crippen LogP contribution in [0.25, 0.3) is 0 Å². The lowest BCUT2D eigenvalue weighted by atomic mass is 10.4. The molecule has 0 radical (unpaired) electrons. The van der Waals surface area contributed by atoms with Crippen molar-refractivity contribution in [1.82, 2.24) is 0 Å². The number of thioether (sulfide) groups is 1. The first kappa shape index (κ1) is 8.49. The maximum atomic E-state index is 11.2. The smallest absolute Gasteiger partial charge is 0.230 e. The van der Waals surface area contributed by atoms with Crippen LogP contribution in [-0.2, 0) is 4.79 Å². The molecule has 1 atom stereocenters. The zero-order valence-electron chi connectivity index (χ0n) is 6.75. The van der Waals surface area contributed by atoms with E-state index < -0.39 is 0 Å². The molecule has 0 aromatic heterocycles. The minimum absolute atomic E-state index is 0.116. The van der Waals surface area contributed by atoms with Gasteiger partial charge in [0.05, 0.1) is 14.0 Å². The molecule has 3 nitrogen and oxygen atoms in total. The maximum Gasteiger partial charge on any atom is 0.391 e. The molecule has 0 saturated carbocycles. The van der Waals surface area contributed by atoms with E-state index in [1.807, 2.05) is 0 Å². The van der Waals surface area contributed by atoms with Gasteiger partial charge in [0.1, 0.15) is 5.70 Å². The summed E-state index contributed by atoms with van der Waals surface area (Å²) in [5.41, 5.74) is 0.799. The molecule has 1 rings (SSSR count). The summed E-state index contributed by atoms with van der Waals surface area (Å²) < 4.78 is -0.176. The minimum Gasteiger partial charge on any atom is -0.230 e. The van der Waals surface area contributed by atoms with Crippen molar-refractivity contribution in [2.24, 2.45) is 0 Å². The standard InChI is InChI=1S/C7H10NO2S/c1-5-4-11-7(10)8(5,3)6(2)9/h4H,1-3H3/q+1. The molecule has 4 heteroatoms. The summed E-state index contributed by atoms with van der Waals surface area (Å²) in [6.07, 6.45) is 0. The number of hydrogen-bond acceptors (Lipinski definition) is 3. The lowest BCUT2D eigenvalue weighted by Crippen LogP contribution is -2.46. The third-order valence-electron chi connectivity index (χ3n) is 2.03. The number of amides is 2. The maximum absolute atomic E-state index is 11.2. The van der Waals surface area contributed by atoms with Gasteiger partial charge >= 0.3 is 11.1 Å². The molecule has 1 unspecified atom stereocenters. The van der Waals surface area contributed by atoms with Crippen LogP contribution in [0.5, 0.6) is 0 Å². The Morgan fingerprint density at radius 3 is 2.36 bits per heavy atom. The molecule has 2 amide bonds. The Labute approximate surface area is 69.6 Å². The van der Waals surface area contributed by atoms with Gasteiger partial charge in [-0.25, -0.2) is 9.59 Å². The Bertz CT molecular complexity index is 259. The van der Waals surface area contributed by atoms with Gasteiger partial charge in [-0.1, -0.05) is 0 Å². The van der Waals surface area contributed by atoms with Crippen LogP contribution < -0.4 is 0 Å². The second kappa shape index (κ2) is 2.46. The van der Waals surface area contributed by atoms with Crippen molar-refractivity contribution in [1.29, 1.82) is 0 Å². The molecule has 11 heavy (non-hydrogen) atoms. The van der Waals surface area contributed by atoms with Crippen molar-refractivity contribution in [3.8, 4) is 0 Å². The van der Waals surface area contributed by atoms with Crippen molar-refractivity contribution < 1.29 is 14.1 Å². The van der Waals surface area contributed by atoms with Gasteiger partial charge < -0.3 is 0 Å². The van der Waals surface area contributed by atoms with Crippen LogP contribution in [0.15, 0.2) is 11.1 Å². The molecule has 0 aromatic rings. The van der Waals surface area contributed by atoms with Gasteiger partial charge in [-0.2, -0.15) is 4.48 Å². The number of imide groups is 1. The fraction of sp³-hybridized carbons (Fsp3) is 0.429. The molecule has 0 saturated heterocycles. The van der Waals surface area contributed by atoms with Crippen LogP contribution >= 0.6 is 11.8 Å². The fourth-order valence-electron chi connectivity index (χ4n) is 0.867. The monoisotopic (exact) mass is 172 g/mol. The molecule has 0 fully saturated rings. The fourth-order valence-corrected chi connectivity index (χ4v) is 1.83. The number of quaternary nitrogens is 1. The highest BCUT2D eigenvalue weighted by Gasteiger charge is 2.44. The molecule has 0 N–H and O–H groups in total. The second-order valence-corrected chi connectivity index (χ2v) is 3.49. The predicted octanol–water partition coefficient (Wildman–Crippen LogP) is 1.71. The number of carbonyl (C=O) groups excluding carboxylic acids is 2. The summed E-state index contributed by atoms with van der Waals surface area (Å²) in [4.78, 5) is 22.3. The highest BCUT2D eigenvalue weighted by atomic mass is 32.2. The summed E-state index contributed by atoms with van der Waals surface area (Å²) in [6.45, 7) is 3.22. The first-order valence-corrected chi connectivity index (χ1v) is 4.13. The van der Waals surface area contributed by atoms with Crippen molar-refractivity contribution in [2.45, 2.75) is 13.8 Å². The topological polar surface area (TPSA) is 34.1 Å². The van der Waals surface area contributed by atoms with Crippen LogP contribution in [-0.4, -0.2) is 22.7 Å². The van der Waals surface area contributed by atoms with Crippen LogP contribution in [0.1, 0.15) is 13.8 Å². The number of allylic oxidation sites excluding steroid dienone is 1. The van der Waals surface area contributed by atoms with E-state index in [9.17, 15) is 9.59 Å². The molecule has 0 aromatic carbocycles. The number of nitrogens with zero attached hydrogens (tertiary/aromatic N) is 1. The van der Waals surface area contributed by atoms with Gasteiger partial charge in [0.2, 0.25) is 0 Å². The van der Waals surface area contributed by atoms with Crippen molar-refractivity contribution >= 4 is 22.9 Å². The Morgan fingerprint density at radius 1 is 1.64 bits per heavy atom. The predicted molar refractivity (Wildman–Crippen MR) is 43.6 cm³/mol. The Morgan fingerprint density at radius 2 is 2.18 bits per heavy atom. The molecule has 1 aliphatic rings. The van der Waals surface area contributed by atoms with E-state index in [0.717, 1.165) is 17.5 Å². The van der Waals surface area contributed by atoms with Crippen LogP contribution in [0, 0.1) is 0 Å². The SMILES string of the molecule is CC(=O)[N+]1(C)C(=O)SC=C1C. The molecule has 0 bridgehead atoms. The van der Waals surface area contributed by atoms with Crippen molar-refractivity contribution in [3.05, 3.63) is 11.1 Å². The molecule has 0 aliphatic carbocycles. The quantitative estimate of drug-likeness (QED) is 0.522. The number of hydrogen-bond donors (Lipinski definition) is 0. The summed E-state index contributed by atoms with van der Waals surface area (Å²) in [7, 11) is 1.62. The molecule has 60 valence electrons. The van der Waals surface area contributed by atoms with Crippen LogP contribution in [0.2, 0.25) is 0 Å². The van der Waals surface area contributed by atoms with E-state index in [1.165, 1.54) is 6.92 Å². The number of carbonyl (C=O) groups is 2. The first-order chi connectivity index (χ1) is 4.99. The van der Waals surface area contributed by atoms with Crippen molar-refractivity contribution in [2.75, 3.05) is 7.05 Å². The Balaban J connectivity index is 3.10. The van der Waals surface area contributed by atoms with Gasteiger partial charge in [0.25, 0.3) is 0 Å². The molecule has 1 heterocycles. The van der Waals surface area contributed by atoms with Gasteiger partial charge in [0, 0.05) is 24.1 Å². The molecule has 1 aliphatic heterocycles. The van der Waals surface area contributed by atoms with E-state index >= 15 is 0 Å². The zero-order chi connectivity index (χ0) is 8.65. The van der Waals surface area contributed by atoms with Gasteiger partial charge in [-0.15, -0.1) is 0 Å². The molecular formula is C7H10NO2S+. The van der Waals surface area contributed by atoms with E-state index in [2.05, 4.69) is 0 Å². The van der Waals surface area contributed by atoms with Crippen molar-refractivity contribution in [3.63, 3.8) is 0 Å². The Hall–Kier alpha value is -0.610. The minimum atomic E-state index is -0.176. The highest BCUT2D eigenvalue weighted by Crippen LogP contribution is 2.32. The van der Waals surface area contributed by atoms with E-state index in [4.69, 9.17) is 0 Å². The zero-order valence-corrected chi connectivity index (χ0v) is 7.57. The lowest BCUT2D eigenvalue weighted by Gasteiger charge is -2.21.